The molecule has 0 fully saturated rings. The highest BCUT2D eigenvalue weighted by Gasteiger charge is 2.31. The zero-order valence-corrected chi connectivity index (χ0v) is 14.2. The maximum atomic E-state index is 12.5. The molecule has 0 aliphatic carbocycles. The van der Waals surface area contributed by atoms with E-state index in [2.05, 4.69) is 11.1 Å². The number of aromatic amines is 1. The van der Waals surface area contributed by atoms with Crippen molar-refractivity contribution in [3.63, 3.8) is 0 Å². The summed E-state index contributed by atoms with van der Waals surface area (Å²) in [4.78, 5) is 15.8. The molecule has 3 heteroatoms. The van der Waals surface area contributed by atoms with Crippen LogP contribution in [-0.2, 0) is 9.53 Å². The van der Waals surface area contributed by atoms with Gasteiger partial charge in [-0.3, -0.25) is 4.79 Å². The summed E-state index contributed by atoms with van der Waals surface area (Å²) in [5, 5.41) is 2.16. The first-order chi connectivity index (χ1) is 11.5. The number of fused-ring (bicyclic) bond motifs is 1. The number of carbonyl (C=O) groups excluding carboxylic acids is 1. The van der Waals surface area contributed by atoms with E-state index in [0.29, 0.717) is 0 Å². The van der Waals surface area contributed by atoms with Gasteiger partial charge in [-0.05, 0) is 32.2 Å². The number of aromatic nitrogens is 1. The van der Waals surface area contributed by atoms with E-state index >= 15 is 0 Å². The lowest BCUT2D eigenvalue weighted by molar-refractivity contribution is -0.395. The van der Waals surface area contributed by atoms with Crippen molar-refractivity contribution in [3.8, 4) is 0 Å². The SMILES string of the molecule is CC(C)(C)C(=O)OC(c1ccccc1)c1[nH+]ccc2ccccc12. The van der Waals surface area contributed by atoms with Gasteiger partial charge in [0.2, 0.25) is 11.8 Å². The van der Waals surface area contributed by atoms with Gasteiger partial charge < -0.3 is 4.74 Å². The van der Waals surface area contributed by atoms with E-state index in [0.717, 1.165) is 22.0 Å². The minimum absolute atomic E-state index is 0.224. The number of ether oxygens (including phenoxy) is 1. The van der Waals surface area contributed by atoms with Gasteiger partial charge in [0, 0.05) is 11.6 Å². The summed E-state index contributed by atoms with van der Waals surface area (Å²) in [6, 6.07) is 20.0. The monoisotopic (exact) mass is 320 g/mol. The van der Waals surface area contributed by atoms with Crippen molar-refractivity contribution in [3.05, 3.63) is 78.1 Å². The molecule has 0 bridgehead atoms. The van der Waals surface area contributed by atoms with Crippen LogP contribution in [0.5, 0.6) is 0 Å². The topological polar surface area (TPSA) is 40.4 Å². The van der Waals surface area contributed by atoms with E-state index in [1.165, 1.54) is 0 Å². The van der Waals surface area contributed by atoms with Gasteiger partial charge in [0.05, 0.1) is 10.8 Å². The van der Waals surface area contributed by atoms with Crippen LogP contribution in [0.15, 0.2) is 66.9 Å². The molecule has 0 aliphatic rings. The standard InChI is InChI=1S/C21H21NO2/c1-21(2,3)20(23)24-19(16-10-5-4-6-11-16)18-17-12-8-7-9-15(17)13-14-22-18/h4-14,19H,1-3H3/p+1. The summed E-state index contributed by atoms with van der Waals surface area (Å²) in [5.41, 5.74) is 1.28. The minimum atomic E-state index is -0.558. The number of H-pyrrole nitrogens is 1. The van der Waals surface area contributed by atoms with Gasteiger partial charge in [0.15, 0.2) is 6.20 Å². The van der Waals surface area contributed by atoms with E-state index in [4.69, 9.17) is 4.74 Å². The van der Waals surface area contributed by atoms with Crippen LogP contribution < -0.4 is 4.98 Å². The molecule has 0 radical (unpaired) electrons. The van der Waals surface area contributed by atoms with Gasteiger partial charge in [0.25, 0.3) is 0 Å². The highest BCUT2D eigenvalue weighted by molar-refractivity contribution is 5.84. The highest BCUT2D eigenvalue weighted by Crippen LogP contribution is 2.31. The Balaban J connectivity index is 2.12. The summed E-state index contributed by atoms with van der Waals surface area (Å²) < 4.78 is 5.92. The average molecular weight is 320 g/mol. The van der Waals surface area contributed by atoms with Gasteiger partial charge in [-0.15, -0.1) is 0 Å². The molecule has 122 valence electrons. The normalized spacial score (nSPS) is 12.8. The van der Waals surface area contributed by atoms with Crippen molar-refractivity contribution in [2.24, 2.45) is 5.41 Å². The van der Waals surface area contributed by atoms with Crippen LogP contribution in [-0.4, -0.2) is 5.97 Å². The Hall–Kier alpha value is -2.68. The first kappa shape index (κ1) is 16.2. The molecule has 1 aromatic heterocycles. The minimum Gasteiger partial charge on any atom is -0.446 e. The fourth-order valence-corrected chi connectivity index (χ4v) is 2.61. The molecule has 1 atom stereocenters. The molecule has 1 heterocycles. The van der Waals surface area contributed by atoms with Crippen LogP contribution in [0.2, 0.25) is 0 Å². The molecular formula is C21H22NO2+. The molecule has 0 aliphatic heterocycles. The number of esters is 1. The Morgan fingerprint density at radius 2 is 1.62 bits per heavy atom. The molecule has 0 amide bonds. The van der Waals surface area contributed by atoms with Crippen LogP contribution in [0.1, 0.15) is 38.1 Å². The smallest absolute Gasteiger partial charge is 0.312 e. The van der Waals surface area contributed by atoms with Crippen molar-refractivity contribution in [1.82, 2.24) is 0 Å². The number of benzene rings is 2. The zero-order valence-electron chi connectivity index (χ0n) is 14.2. The summed E-state index contributed by atoms with van der Waals surface area (Å²) in [7, 11) is 0. The van der Waals surface area contributed by atoms with Gasteiger partial charge in [-0.1, -0.05) is 48.5 Å². The number of hydrogen-bond acceptors (Lipinski definition) is 2. The van der Waals surface area contributed by atoms with Crippen LogP contribution in [0.3, 0.4) is 0 Å². The molecule has 0 spiro atoms. The van der Waals surface area contributed by atoms with Crippen molar-refractivity contribution in [2.45, 2.75) is 26.9 Å². The third kappa shape index (κ3) is 3.30. The lowest BCUT2D eigenvalue weighted by Gasteiger charge is -2.22. The number of carbonyl (C=O) groups is 1. The Bertz CT molecular complexity index is 845. The molecular weight excluding hydrogens is 298 g/mol. The Labute approximate surface area is 142 Å². The van der Waals surface area contributed by atoms with Crippen molar-refractivity contribution >= 4 is 16.7 Å². The van der Waals surface area contributed by atoms with Gasteiger partial charge in [-0.2, -0.15) is 0 Å². The number of rotatable bonds is 3. The molecule has 1 N–H and O–H groups in total. The molecule has 0 saturated heterocycles. The molecule has 3 nitrogen and oxygen atoms in total. The first-order valence-electron chi connectivity index (χ1n) is 8.12. The fraction of sp³-hybridized carbons (Fsp3) is 0.238. The fourth-order valence-electron chi connectivity index (χ4n) is 2.61. The quantitative estimate of drug-likeness (QED) is 0.674. The molecule has 0 saturated carbocycles. The van der Waals surface area contributed by atoms with Gasteiger partial charge in [-0.25, -0.2) is 4.98 Å². The summed E-state index contributed by atoms with van der Waals surface area (Å²) in [6.07, 6.45) is 1.42. The predicted octanol–water partition coefficient (Wildman–Crippen LogP) is 4.33. The average Bonchev–Trinajstić information content (AvgIpc) is 2.59. The molecule has 1 unspecified atom stereocenters. The summed E-state index contributed by atoms with van der Waals surface area (Å²) in [6.45, 7) is 5.60. The number of pyridine rings is 1. The molecule has 3 aromatic rings. The Morgan fingerprint density at radius 1 is 0.958 bits per heavy atom. The predicted molar refractivity (Wildman–Crippen MR) is 94.3 cm³/mol. The largest absolute Gasteiger partial charge is 0.446 e. The van der Waals surface area contributed by atoms with Gasteiger partial charge in [0.1, 0.15) is 0 Å². The maximum Gasteiger partial charge on any atom is 0.312 e. The number of nitrogens with one attached hydrogen (secondary N) is 1. The van der Waals surface area contributed by atoms with Crippen LogP contribution in [0.25, 0.3) is 10.8 Å². The second kappa shape index (κ2) is 6.44. The Kier molecular flexibility index (Phi) is 4.34. The van der Waals surface area contributed by atoms with Crippen molar-refractivity contribution in [1.29, 1.82) is 0 Å². The lowest BCUT2D eigenvalue weighted by atomic mass is 9.96. The second-order valence-electron chi connectivity index (χ2n) is 6.92. The van der Waals surface area contributed by atoms with Crippen molar-refractivity contribution < 1.29 is 14.5 Å². The molecule has 24 heavy (non-hydrogen) atoms. The maximum absolute atomic E-state index is 12.5. The van der Waals surface area contributed by atoms with Gasteiger partial charge >= 0.3 is 5.97 Å². The summed E-state index contributed by atoms with van der Waals surface area (Å²) in [5.74, 6) is -0.224. The van der Waals surface area contributed by atoms with Crippen LogP contribution in [0, 0.1) is 5.41 Å². The zero-order chi connectivity index (χ0) is 17.2. The second-order valence-corrected chi connectivity index (χ2v) is 6.92. The Morgan fingerprint density at radius 3 is 2.33 bits per heavy atom. The third-order valence-electron chi connectivity index (χ3n) is 3.95. The van der Waals surface area contributed by atoms with Crippen LogP contribution in [0.4, 0.5) is 0 Å². The van der Waals surface area contributed by atoms with E-state index in [9.17, 15) is 4.79 Å². The summed E-state index contributed by atoms with van der Waals surface area (Å²) >= 11 is 0. The molecule has 3 rings (SSSR count). The van der Waals surface area contributed by atoms with E-state index in [1.807, 2.05) is 81.6 Å². The highest BCUT2D eigenvalue weighted by atomic mass is 16.5. The lowest BCUT2D eigenvalue weighted by Crippen LogP contribution is -2.28. The van der Waals surface area contributed by atoms with Crippen molar-refractivity contribution in [2.75, 3.05) is 0 Å². The van der Waals surface area contributed by atoms with E-state index in [1.54, 1.807) is 0 Å². The van der Waals surface area contributed by atoms with E-state index in [-0.39, 0.29) is 5.97 Å². The molecule has 2 aromatic carbocycles. The third-order valence-corrected chi connectivity index (χ3v) is 3.95. The van der Waals surface area contributed by atoms with E-state index < -0.39 is 11.5 Å². The van der Waals surface area contributed by atoms with Crippen LogP contribution >= 0.6 is 0 Å². The first-order valence-corrected chi connectivity index (χ1v) is 8.12. The number of hydrogen-bond donors (Lipinski definition) is 0.